The highest BCUT2D eigenvalue weighted by Crippen LogP contribution is 1.98. The number of aromatic nitrogens is 1. The molecule has 0 spiro atoms. The molecule has 1 aromatic rings. The first kappa shape index (κ1) is 11.7. The van der Waals surface area contributed by atoms with Gasteiger partial charge < -0.3 is 10.1 Å². The number of nitrogens with one attached hydrogen (secondary N) is 1. The lowest BCUT2D eigenvalue weighted by atomic mass is 10.3. The van der Waals surface area contributed by atoms with Crippen molar-refractivity contribution in [3.63, 3.8) is 0 Å². The molecule has 0 aliphatic heterocycles. The molecular formula is C11H16N2O2. The maximum Gasteiger partial charge on any atom is 0.338 e. The van der Waals surface area contributed by atoms with Crippen molar-refractivity contribution in [2.24, 2.45) is 0 Å². The van der Waals surface area contributed by atoms with E-state index in [-0.39, 0.29) is 5.97 Å². The maximum absolute atomic E-state index is 11.4. The highest BCUT2D eigenvalue weighted by Gasteiger charge is 2.04. The number of ether oxygens (including phenoxy) is 1. The molecule has 0 aliphatic carbocycles. The summed E-state index contributed by atoms with van der Waals surface area (Å²) in [6.07, 6.45) is 4.23. The van der Waals surface area contributed by atoms with Crippen LogP contribution in [0.4, 0.5) is 0 Å². The number of esters is 1. The van der Waals surface area contributed by atoms with Crippen LogP contribution in [0, 0.1) is 0 Å². The monoisotopic (exact) mass is 208 g/mol. The fourth-order valence-electron chi connectivity index (χ4n) is 1.09. The van der Waals surface area contributed by atoms with Crippen molar-refractivity contribution in [2.45, 2.75) is 13.3 Å². The Morgan fingerprint density at radius 2 is 2.13 bits per heavy atom. The summed E-state index contributed by atoms with van der Waals surface area (Å²) in [4.78, 5) is 15.2. The van der Waals surface area contributed by atoms with Crippen molar-refractivity contribution in [2.75, 3.05) is 19.7 Å². The van der Waals surface area contributed by atoms with Crippen LogP contribution in [0.2, 0.25) is 0 Å². The molecule has 4 heteroatoms. The normalized spacial score (nSPS) is 9.93. The van der Waals surface area contributed by atoms with E-state index in [0.29, 0.717) is 18.7 Å². The van der Waals surface area contributed by atoms with Crippen molar-refractivity contribution in [1.29, 1.82) is 0 Å². The first-order valence-corrected chi connectivity index (χ1v) is 5.12. The Bertz CT molecular complexity index is 288. The summed E-state index contributed by atoms with van der Waals surface area (Å²) in [6, 6.07) is 3.28. The molecule has 0 bridgehead atoms. The highest BCUT2D eigenvalue weighted by atomic mass is 16.5. The van der Waals surface area contributed by atoms with E-state index in [0.717, 1.165) is 13.0 Å². The summed E-state index contributed by atoms with van der Waals surface area (Å²) < 4.78 is 5.05. The number of pyridine rings is 1. The zero-order valence-electron chi connectivity index (χ0n) is 8.90. The van der Waals surface area contributed by atoms with E-state index in [9.17, 15) is 4.79 Å². The molecule has 4 nitrogen and oxygen atoms in total. The molecular weight excluding hydrogens is 192 g/mol. The number of carbonyl (C=O) groups excluding carboxylic acids is 1. The molecule has 82 valence electrons. The van der Waals surface area contributed by atoms with Crippen LogP contribution in [-0.2, 0) is 4.74 Å². The van der Waals surface area contributed by atoms with Crippen LogP contribution in [-0.4, -0.2) is 30.6 Å². The summed E-state index contributed by atoms with van der Waals surface area (Å²) >= 11 is 0. The van der Waals surface area contributed by atoms with Gasteiger partial charge in [-0.25, -0.2) is 4.79 Å². The number of carbonyl (C=O) groups is 1. The second-order valence-electron chi connectivity index (χ2n) is 3.12. The Labute approximate surface area is 89.7 Å². The van der Waals surface area contributed by atoms with Crippen LogP contribution >= 0.6 is 0 Å². The van der Waals surface area contributed by atoms with Crippen LogP contribution in [0.3, 0.4) is 0 Å². The fraction of sp³-hybridized carbons (Fsp3) is 0.455. The molecule has 0 radical (unpaired) electrons. The zero-order valence-corrected chi connectivity index (χ0v) is 8.90. The van der Waals surface area contributed by atoms with E-state index < -0.39 is 0 Å². The Morgan fingerprint density at radius 1 is 1.40 bits per heavy atom. The van der Waals surface area contributed by atoms with Crippen LogP contribution in [0.15, 0.2) is 24.5 Å². The van der Waals surface area contributed by atoms with Gasteiger partial charge in [-0.2, -0.15) is 0 Å². The number of hydrogen-bond acceptors (Lipinski definition) is 4. The lowest BCUT2D eigenvalue weighted by Crippen LogP contribution is -2.22. The average Bonchev–Trinajstić information content (AvgIpc) is 2.30. The smallest absolute Gasteiger partial charge is 0.338 e. The van der Waals surface area contributed by atoms with Gasteiger partial charge >= 0.3 is 5.97 Å². The van der Waals surface area contributed by atoms with E-state index in [2.05, 4.69) is 17.2 Å². The molecule has 1 rings (SSSR count). The van der Waals surface area contributed by atoms with Crippen LogP contribution < -0.4 is 5.32 Å². The van der Waals surface area contributed by atoms with Gasteiger partial charge in [0, 0.05) is 18.9 Å². The first-order valence-electron chi connectivity index (χ1n) is 5.12. The van der Waals surface area contributed by atoms with Gasteiger partial charge in [0.25, 0.3) is 0 Å². The van der Waals surface area contributed by atoms with Crippen molar-refractivity contribution >= 4 is 5.97 Å². The van der Waals surface area contributed by atoms with Crippen molar-refractivity contribution in [3.8, 4) is 0 Å². The van der Waals surface area contributed by atoms with E-state index in [1.54, 1.807) is 24.5 Å². The fourth-order valence-corrected chi connectivity index (χ4v) is 1.09. The third kappa shape index (κ3) is 4.56. The van der Waals surface area contributed by atoms with E-state index >= 15 is 0 Å². The molecule has 0 saturated carbocycles. The largest absolute Gasteiger partial charge is 0.461 e. The van der Waals surface area contributed by atoms with Crippen LogP contribution in [0.1, 0.15) is 23.7 Å². The molecule has 0 aliphatic rings. The Morgan fingerprint density at radius 3 is 2.80 bits per heavy atom. The molecule has 0 atom stereocenters. The summed E-state index contributed by atoms with van der Waals surface area (Å²) in [5, 5.41) is 3.15. The molecule has 0 unspecified atom stereocenters. The molecule has 1 heterocycles. The first-order chi connectivity index (χ1) is 7.34. The minimum absolute atomic E-state index is 0.296. The SMILES string of the molecule is CCCNCCOC(=O)c1ccncc1. The third-order valence-corrected chi connectivity index (χ3v) is 1.85. The van der Waals surface area contributed by atoms with Crippen molar-refractivity contribution in [3.05, 3.63) is 30.1 Å². The minimum Gasteiger partial charge on any atom is -0.461 e. The third-order valence-electron chi connectivity index (χ3n) is 1.85. The molecule has 1 aromatic heterocycles. The second kappa shape index (κ2) is 6.95. The molecule has 15 heavy (non-hydrogen) atoms. The van der Waals surface area contributed by atoms with Gasteiger partial charge in [-0.3, -0.25) is 4.98 Å². The van der Waals surface area contributed by atoms with Gasteiger partial charge in [0.1, 0.15) is 6.61 Å². The van der Waals surface area contributed by atoms with Gasteiger partial charge in [-0.05, 0) is 25.1 Å². The Balaban J connectivity index is 2.20. The predicted octanol–water partition coefficient (Wildman–Crippen LogP) is 1.24. The molecule has 1 N–H and O–H groups in total. The van der Waals surface area contributed by atoms with Gasteiger partial charge in [0.2, 0.25) is 0 Å². The van der Waals surface area contributed by atoms with E-state index in [4.69, 9.17) is 4.74 Å². The van der Waals surface area contributed by atoms with E-state index in [1.165, 1.54) is 0 Å². The topological polar surface area (TPSA) is 51.2 Å². The molecule has 0 amide bonds. The maximum atomic E-state index is 11.4. The van der Waals surface area contributed by atoms with Gasteiger partial charge in [-0.15, -0.1) is 0 Å². The lowest BCUT2D eigenvalue weighted by Gasteiger charge is -2.05. The second-order valence-corrected chi connectivity index (χ2v) is 3.12. The van der Waals surface area contributed by atoms with Gasteiger partial charge in [-0.1, -0.05) is 6.92 Å². The zero-order chi connectivity index (χ0) is 10.9. The number of rotatable bonds is 6. The predicted molar refractivity (Wildman–Crippen MR) is 57.7 cm³/mol. The van der Waals surface area contributed by atoms with Crippen molar-refractivity contribution < 1.29 is 9.53 Å². The average molecular weight is 208 g/mol. The van der Waals surface area contributed by atoms with Crippen LogP contribution in [0.5, 0.6) is 0 Å². The van der Waals surface area contributed by atoms with Crippen molar-refractivity contribution in [1.82, 2.24) is 10.3 Å². The Kier molecular flexibility index (Phi) is 5.40. The Hall–Kier alpha value is -1.42. The van der Waals surface area contributed by atoms with Crippen LogP contribution in [0.25, 0.3) is 0 Å². The number of nitrogens with zero attached hydrogens (tertiary/aromatic N) is 1. The van der Waals surface area contributed by atoms with Gasteiger partial charge in [0.05, 0.1) is 5.56 Å². The molecule has 0 aromatic carbocycles. The molecule has 0 fully saturated rings. The quantitative estimate of drug-likeness (QED) is 0.564. The lowest BCUT2D eigenvalue weighted by molar-refractivity contribution is 0.0508. The van der Waals surface area contributed by atoms with E-state index in [1.807, 2.05) is 0 Å². The summed E-state index contributed by atoms with van der Waals surface area (Å²) in [7, 11) is 0. The summed E-state index contributed by atoms with van der Waals surface area (Å²) in [5.41, 5.74) is 0.542. The standard InChI is InChI=1S/C11H16N2O2/c1-2-5-12-8-9-15-11(14)10-3-6-13-7-4-10/h3-4,6-7,12H,2,5,8-9H2,1H3. The summed E-state index contributed by atoms with van der Waals surface area (Å²) in [6.45, 7) is 4.15. The summed E-state index contributed by atoms with van der Waals surface area (Å²) in [5.74, 6) is -0.296. The molecule has 0 saturated heterocycles. The minimum atomic E-state index is -0.296. The highest BCUT2D eigenvalue weighted by molar-refractivity contribution is 5.89. The van der Waals surface area contributed by atoms with Gasteiger partial charge in [0.15, 0.2) is 0 Å². The number of hydrogen-bond donors (Lipinski definition) is 1.